The number of hydrogen-bond donors (Lipinski definition) is 2. The molecule has 0 saturated carbocycles. The Bertz CT molecular complexity index is 1220. The van der Waals surface area contributed by atoms with E-state index in [0.717, 1.165) is 12.1 Å². The van der Waals surface area contributed by atoms with Crippen molar-refractivity contribution in [2.45, 2.75) is 13.0 Å². The summed E-state index contributed by atoms with van der Waals surface area (Å²) in [4.78, 5) is 26.4. The van der Waals surface area contributed by atoms with Gasteiger partial charge in [0.1, 0.15) is 12.3 Å². The Balaban J connectivity index is 1.54. The van der Waals surface area contributed by atoms with Crippen molar-refractivity contribution >= 4 is 17.7 Å². The van der Waals surface area contributed by atoms with Gasteiger partial charge in [-0.1, -0.05) is 17.9 Å². The molecule has 0 saturated heterocycles. The molecule has 32 heavy (non-hydrogen) atoms. The van der Waals surface area contributed by atoms with Crippen LogP contribution in [-0.2, 0) is 0 Å². The molecule has 2 aromatic heterocycles. The van der Waals surface area contributed by atoms with Crippen LogP contribution < -0.4 is 20.7 Å². The molecule has 2 amide bonds. The summed E-state index contributed by atoms with van der Waals surface area (Å²) in [5.74, 6) is 4.39. The number of nitrogens with two attached hydrogens (primary N) is 1. The van der Waals surface area contributed by atoms with Gasteiger partial charge in [-0.15, -0.1) is 0 Å². The van der Waals surface area contributed by atoms with E-state index in [1.165, 1.54) is 29.6 Å². The van der Waals surface area contributed by atoms with E-state index >= 15 is 0 Å². The van der Waals surface area contributed by atoms with E-state index in [0.29, 0.717) is 28.3 Å². The van der Waals surface area contributed by atoms with Crippen LogP contribution in [0.3, 0.4) is 0 Å². The molecule has 162 valence electrons. The van der Waals surface area contributed by atoms with Gasteiger partial charge in [0.15, 0.2) is 11.6 Å². The molecular weight excluding hydrogens is 418 g/mol. The van der Waals surface area contributed by atoms with Crippen LogP contribution in [0.15, 0.2) is 42.9 Å². The van der Waals surface area contributed by atoms with Crippen LogP contribution in [0.2, 0.25) is 0 Å². The van der Waals surface area contributed by atoms with Gasteiger partial charge in [0.2, 0.25) is 11.8 Å². The fourth-order valence-corrected chi connectivity index (χ4v) is 3.05. The second-order valence-corrected chi connectivity index (χ2v) is 6.97. The number of benzene rings is 1. The van der Waals surface area contributed by atoms with Crippen LogP contribution in [0.1, 0.15) is 29.7 Å². The number of rotatable bonds is 2. The van der Waals surface area contributed by atoms with Crippen LogP contribution in [0.4, 0.5) is 25.2 Å². The zero-order chi connectivity index (χ0) is 22.7. The van der Waals surface area contributed by atoms with E-state index in [4.69, 9.17) is 10.5 Å². The zero-order valence-corrected chi connectivity index (χ0v) is 17.0. The lowest BCUT2D eigenvalue weighted by Crippen LogP contribution is -2.45. The minimum atomic E-state index is -0.973. The largest absolute Gasteiger partial charge is 0.474 e. The third-order valence-electron chi connectivity index (χ3n) is 4.73. The van der Waals surface area contributed by atoms with Gasteiger partial charge < -0.3 is 15.8 Å². The Morgan fingerprint density at radius 3 is 2.59 bits per heavy atom. The lowest BCUT2D eigenvalue weighted by Gasteiger charge is -2.30. The molecule has 0 unspecified atom stereocenters. The Kier molecular flexibility index (Phi) is 5.81. The fraction of sp³-hybridized carbons (Fsp3) is 0.182. The van der Waals surface area contributed by atoms with Crippen LogP contribution in [0, 0.1) is 23.5 Å². The van der Waals surface area contributed by atoms with Crippen LogP contribution >= 0.6 is 0 Å². The number of ether oxygens (including phenoxy) is 1. The van der Waals surface area contributed by atoms with Gasteiger partial charge in [0, 0.05) is 24.2 Å². The van der Waals surface area contributed by atoms with Crippen molar-refractivity contribution in [1.82, 2.24) is 20.3 Å². The number of hydrogen-bond acceptors (Lipinski definition) is 6. The monoisotopic (exact) mass is 436 g/mol. The first kappa shape index (κ1) is 21.0. The van der Waals surface area contributed by atoms with Gasteiger partial charge in [0.05, 0.1) is 18.2 Å². The molecule has 1 aliphatic heterocycles. The van der Waals surface area contributed by atoms with E-state index in [1.807, 2.05) is 0 Å². The number of anilines is 2. The van der Waals surface area contributed by atoms with E-state index in [1.54, 1.807) is 13.0 Å². The molecule has 3 N–H and O–H groups in total. The number of halogens is 2. The summed E-state index contributed by atoms with van der Waals surface area (Å²) in [7, 11) is 0. The number of nitrogen functional groups attached to an aromatic ring is 1. The van der Waals surface area contributed by atoms with Gasteiger partial charge in [-0.05, 0) is 30.7 Å². The number of carbonyl (C=O) groups is 1. The Labute approximate surface area is 182 Å². The number of amides is 2. The van der Waals surface area contributed by atoms with E-state index in [-0.39, 0.29) is 19.1 Å². The summed E-state index contributed by atoms with van der Waals surface area (Å²) in [6, 6.07) is 4.22. The maximum absolute atomic E-state index is 13.5. The number of nitrogens with one attached hydrogen (secondary N) is 1. The third-order valence-corrected chi connectivity index (χ3v) is 4.73. The molecule has 3 aromatic rings. The SMILES string of the molecule is C[C@H](NC(=O)N1CCOc2ncc(C#Cc3cnc(N)nc3)cc21)c1ccc(F)c(F)c1. The first-order chi connectivity index (χ1) is 15.4. The van der Waals surface area contributed by atoms with E-state index in [2.05, 4.69) is 32.1 Å². The summed E-state index contributed by atoms with van der Waals surface area (Å²) in [6.07, 6.45) is 4.54. The summed E-state index contributed by atoms with van der Waals surface area (Å²) in [5.41, 5.74) is 7.48. The highest BCUT2D eigenvalue weighted by Gasteiger charge is 2.26. The van der Waals surface area contributed by atoms with Gasteiger partial charge in [0.25, 0.3) is 0 Å². The number of carbonyl (C=O) groups excluding carboxylic acids is 1. The second kappa shape index (κ2) is 8.85. The summed E-state index contributed by atoms with van der Waals surface area (Å²) in [6.45, 7) is 2.23. The number of fused-ring (bicyclic) bond motifs is 1. The van der Waals surface area contributed by atoms with Gasteiger partial charge in [-0.25, -0.2) is 28.5 Å². The molecule has 0 spiro atoms. The average molecular weight is 436 g/mol. The van der Waals surface area contributed by atoms with Gasteiger partial charge in [-0.3, -0.25) is 4.90 Å². The molecule has 0 aliphatic carbocycles. The van der Waals surface area contributed by atoms with Crippen molar-refractivity contribution in [3.05, 3.63) is 71.2 Å². The molecule has 0 bridgehead atoms. The summed E-state index contributed by atoms with van der Waals surface area (Å²) in [5, 5.41) is 2.79. The topological polar surface area (TPSA) is 106 Å². The number of urea groups is 1. The predicted molar refractivity (Wildman–Crippen MR) is 113 cm³/mol. The van der Waals surface area contributed by atoms with Crippen molar-refractivity contribution in [1.29, 1.82) is 0 Å². The quantitative estimate of drug-likeness (QED) is 0.599. The van der Waals surface area contributed by atoms with Crippen molar-refractivity contribution in [3.63, 3.8) is 0 Å². The predicted octanol–water partition coefficient (Wildman–Crippen LogP) is 2.80. The van der Waals surface area contributed by atoms with Gasteiger partial charge >= 0.3 is 6.03 Å². The van der Waals surface area contributed by atoms with E-state index < -0.39 is 23.7 Å². The molecule has 3 heterocycles. The minimum absolute atomic E-state index is 0.155. The summed E-state index contributed by atoms with van der Waals surface area (Å²) >= 11 is 0. The maximum Gasteiger partial charge on any atom is 0.322 e. The maximum atomic E-state index is 13.5. The van der Waals surface area contributed by atoms with E-state index in [9.17, 15) is 13.6 Å². The molecule has 1 aliphatic rings. The molecular formula is C22H18F2N6O2. The Hall–Kier alpha value is -4.26. The smallest absolute Gasteiger partial charge is 0.322 e. The lowest BCUT2D eigenvalue weighted by atomic mass is 10.1. The molecule has 1 atom stereocenters. The van der Waals surface area contributed by atoms with Crippen molar-refractivity contribution in [2.24, 2.45) is 0 Å². The highest BCUT2D eigenvalue weighted by atomic mass is 19.2. The van der Waals surface area contributed by atoms with Crippen LogP contribution in [0.25, 0.3) is 0 Å². The second-order valence-electron chi connectivity index (χ2n) is 6.97. The minimum Gasteiger partial charge on any atom is -0.474 e. The average Bonchev–Trinajstić information content (AvgIpc) is 2.79. The summed E-state index contributed by atoms with van der Waals surface area (Å²) < 4.78 is 32.3. The molecule has 0 radical (unpaired) electrons. The Morgan fingerprint density at radius 1 is 1.12 bits per heavy atom. The Morgan fingerprint density at radius 2 is 1.84 bits per heavy atom. The van der Waals surface area contributed by atoms with Crippen molar-refractivity contribution in [3.8, 4) is 17.7 Å². The molecule has 1 aromatic carbocycles. The normalized spacial score (nSPS) is 13.3. The first-order valence-corrected chi connectivity index (χ1v) is 9.66. The lowest BCUT2D eigenvalue weighted by molar-refractivity contribution is 0.236. The number of aromatic nitrogens is 3. The molecule has 4 rings (SSSR count). The highest BCUT2D eigenvalue weighted by Crippen LogP contribution is 2.30. The number of pyridine rings is 1. The first-order valence-electron chi connectivity index (χ1n) is 9.66. The van der Waals surface area contributed by atoms with Crippen molar-refractivity contribution in [2.75, 3.05) is 23.8 Å². The van der Waals surface area contributed by atoms with Crippen molar-refractivity contribution < 1.29 is 18.3 Å². The standard InChI is InChI=1S/C22H18F2N6O2/c1-13(16-4-5-17(23)18(24)9-16)29-22(31)30-6-7-32-20-19(30)8-14(10-26-20)2-3-15-11-27-21(25)28-12-15/h4-5,8-13H,6-7H2,1H3,(H,29,31)(H2,25,27,28)/t13-/m0/s1. The van der Waals surface area contributed by atoms with Gasteiger partial charge in [-0.2, -0.15) is 0 Å². The molecule has 10 heteroatoms. The fourth-order valence-electron chi connectivity index (χ4n) is 3.05. The third kappa shape index (κ3) is 4.57. The van der Waals surface area contributed by atoms with Crippen LogP contribution in [-0.4, -0.2) is 34.1 Å². The highest BCUT2D eigenvalue weighted by molar-refractivity contribution is 5.94. The molecule has 0 fully saturated rings. The zero-order valence-electron chi connectivity index (χ0n) is 17.0. The number of nitrogens with zero attached hydrogens (tertiary/aromatic N) is 4. The van der Waals surface area contributed by atoms with Crippen LogP contribution in [0.5, 0.6) is 5.88 Å². The molecule has 8 nitrogen and oxygen atoms in total.